The van der Waals surface area contributed by atoms with Crippen molar-refractivity contribution >= 4 is 11.6 Å². The van der Waals surface area contributed by atoms with Crippen LogP contribution in [0.25, 0.3) is 0 Å². The zero-order chi connectivity index (χ0) is 16.9. The summed E-state index contributed by atoms with van der Waals surface area (Å²) in [5.74, 6) is -0.103. The number of nitrogens with zero attached hydrogens (tertiary/aromatic N) is 1. The first kappa shape index (κ1) is 15.6. The zero-order valence-corrected chi connectivity index (χ0v) is 13.8. The van der Waals surface area contributed by atoms with Gasteiger partial charge in [-0.2, -0.15) is 0 Å². The molecule has 0 spiro atoms. The van der Waals surface area contributed by atoms with Crippen LogP contribution >= 0.6 is 0 Å². The van der Waals surface area contributed by atoms with E-state index in [9.17, 15) is 9.18 Å². The zero-order valence-electron chi connectivity index (χ0n) is 13.8. The number of carbonyl (C=O) groups excluding carboxylic acids is 1. The van der Waals surface area contributed by atoms with Crippen molar-refractivity contribution in [1.82, 2.24) is 5.32 Å². The van der Waals surface area contributed by atoms with E-state index in [1.54, 1.807) is 12.1 Å². The van der Waals surface area contributed by atoms with Gasteiger partial charge in [-0.3, -0.25) is 4.79 Å². The van der Waals surface area contributed by atoms with Crippen LogP contribution in [0.1, 0.15) is 32.3 Å². The number of amides is 1. The van der Waals surface area contributed by atoms with Crippen molar-refractivity contribution in [1.29, 1.82) is 0 Å². The van der Waals surface area contributed by atoms with Crippen molar-refractivity contribution < 1.29 is 18.8 Å². The Morgan fingerprint density at radius 1 is 1.42 bits per heavy atom. The van der Waals surface area contributed by atoms with Crippen LogP contribution in [0.4, 0.5) is 4.39 Å². The maximum absolute atomic E-state index is 13.3. The second-order valence-corrected chi connectivity index (χ2v) is 7.40. The van der Waals surface area contributed by atoms with Crippen LogP contribution in [-0.2, 0) is 14.4 Å². The van der Waals surface area contributed by atoms with Crippen LogP contribution in [0.15, 0.2) is 29.4 Å². The molecule has 4 atom stereocenters. The molecule has 1 saturated carbocycles. The molecular weight excluding hydrogens is 311 g/mol. The van der Waals surface area contributed by atoms with Gasteiger partial charge in [0.1, 0.15) is 5.82 Å². The molecular formula is C18H21FN2O3. The fraction of sp³-hybridized carbons (Fsp3) is 0.556. The van der Waals surface area contributed by atoms with Crippen molar-refractivity contribution in [3.05, 3.63) is 35.6 Å². The van der Waals surface area contributed by atoms with E-state index in [2.05, 4.69) is 24.3 Å². The molecule has 0 aromatic heterocycles. The summed E-state index contributed by atoms with van der Waals surface area (Å²) < 4.78 is 19.1. The highest BCUT2D eigenvalue weighted by molar-refractivity contribution is 6.04. The minimum absolute atomic E-state index is 0.0678. The summed E-state index contributed by atoms with van der Waals surface area (Å²) in [4.78, 5) is 17.8. The third kappa shape index (κ3) is 2.40. The summed E-state index contributed by atoms with van der Waals surface area (Å²) in [7, 11) is 0. The van der Waals surface area contributed by atoms with Gasteiger partial charge >= 0.3 is 0 Å². The lowest BCUT2D eigenvalue weighted by Crippen LogP contribution is -2.67. The van der Waals surface area contributed by atoms with E-state index in [0.29, 0.717) is 23.6 Å². The number of nitrogens with one attached hydrogen (secondary N) is 1. The van der Waals surface area contributed by atoms with Gasteiger partial charge < -0.3 is 14.9 Å². The smallest absolute Gasteiger partial charge is 0.264 e. The van der Waals surface area contributed by atoms with Gasteiger partial charge in [-0.1, -0.05) is 31.1 Å². The van der Waals surface area contributed by atoms with Gasteiger partial charge in [-0.15, -0.1) is 0 Å². The first-order chi connectivity index (χ1) is 11.5. The molecule has 3 aliphatic rings. The van der Waals surface area contributed by atoms with Gasteiger partial charge in [0, 0.05) is 36.0 Å². The molecule has 4 rings (SSSR count). The first-order valence-corrected chi connectivity index (χ1v) is 8.37. The monoisotopic (exact) mass is 332 g/mol. The number of halogens is 1. The van der Waals surface area contributed by atoms with E-state index in [-0.39, 0.29) is 29.3 Å². The Hall–Kier alpha value is -1.95. The Bertz CT molecular complexity index is 703. The van der Waals surface area contributed by atoms with Crippen molar-refractivity contribution in [2.24, 2.45) is 16.5 Å². The van der Waals surface area contributed by atoms with E-state index in [4.69, 9.17) is 9.57 Å². The molecule has 1 aromatic carbocycles. The van der Waals surface area contributed by atoms with Crippen molar-refractivity contribution in [2.45, 2.75) is 44.9 Å². The summed E-state index contributed by atoms with van der Waals surface area (Å²) in [6.07, 6.45) is 0.912. The van der Waals surface area contributed by atoms with Gasteiger partial charge in [0.15, 0.2) is 0 Å². The molecule has 24 heavy (non-hydrogen) atoms. The normalized spacial score (nSPS) is 33.2. The van der Waals surface area contributed by atoms with Crippen LogP contribution < -0.4 is 5.32 Å². The maximum Gasteiger partial charge on any atom is 0.264 e. The molecule has 0 radical (unpaired) electrons. The van der Waals surface area contributed by atoms with Gasteiger partial charge in [0.05, 0.1) is 11.8 Å². The van der Waals surface area contributed by atoms with Gasteiger partial charge in [0.25, 0.3) is 5.91 Å². The number of carbonyl (C=O) groups is 1. The highest BCUT2D eigenvalue weighted by atomic mass is 19.1. The lowest BCUT2D eigenvalue weighted by molar-refractivity contribution is -0.145. The highest BCUT2D eigenvalue weighted by Crippen LogP contribution is 2.52. The predicted molar refractivity (Wildman–Crippen MR) is 86.0 cm³/mol. The van der Waals surface area contributed by atoms with Crippen LogP contribution in [0.5, 0.6) is 0 Å². The number of rotatable bonds is 3. The summed E-state index contributed by atoms with van der Waals surface area (Å²) >= 11 is 0. The third-order valence-electron chi connectivity index (χ3n) is 5.52. The van der Waals surface area contributed by atoms with E-state index in [0.717, 1.165) is 13.0 Å². The summed E-state index contributed by atoms with van der Waals surface area (Å²) in [5.41, 5.74) is 1.19. The molecule has 1 N–H and O–H groups in total. The molecule has 1 aromatic rings. The van der Waals surface area contributed by atoms with Crippen molar-refractivity contribution in [2.75, 3.05) is 6.61 Å². The van der Waals surface area contributed by atoms with Gasteiger partial charge in [0.2, 0.25) is 6.10 Å². The Balaban J connectivity index is 1.39. The van der Waals surface area contributed by atoms with Crippen LogP contribution in [0.3, 0.4) is 0 Å². The highest BCUT2D eigenvalue weighted by Gasteiger charge is 2.60. The fourth-order valence-electron chi connectivity index (χ4n) is 4.22. The topological polar surface area (TPSA) is 59.9 Å². The second kappa shape index (κ2) is 5.55. The maximum atomic E-state index is 13.3. The molecule has 2 aliphatic heterocycles. The Morgan fingerprint density at radius 3 is 3.04 bits per heavy atom. The molecule has 4 unspecified atom stereocenters. The van der Waals surface area contributed by atoms with Crippen molar-refractivity contribution in [3.8, 4) is 0 Å². The average molecular weight is 332 g/mol. The van der Waals surface area contributed by atoms with Crippen LogP contribution in [-0.4, -0.2) is 36.5 Å². The predicted octanol–water partition coefficient (Wildman–Crippen LogP) is 2.25. The van der Waals surface area contributed by atoms with E-state index < -0.39 is 6.10 Å². The standard InChI is InChI=1S/C18H21FN2O3/c1-18(2)15(12-6-7-23-16(12)18)20-17(22)14-9-13(21-24-14)10-4-3-5-11(19)8-10/h3-5,8,12,14-16H,6-7,9H2,1-2H3,(H,20,22). The molecule has 1 aliphatic carbocycles. The van der Waals surface area contributed by atoms with E-state index >= 15 is 0 Å². The Morgan fingerprint density at radius 2 is 2.25 bits per heavy atom. The van der Waals surface area contributed by atoms with Crippen LogP contribution in [0, 0.1) is 17.2 Å². The van der Waals surface area contributed by atoms with E-state index in [1.165, 1.54) is 12.1 Å². The summed E-state index contributed by atoms with van der Waals surface area (Å²) in [6, 6.07) is 6.26. The second-order valence-electron chi connectivity index (χ2n) is 7.40. The van der Waals surface area contributed by atoms with Gasteiger partial charge in [-0.05, 0) is 18.6 Å². The molecule has 2 fully saturated rings. The number of ether oxygens (including phenoxy) is 1. The molecule has 128 valence electrons. The molecule has 1 saturated heterocycles. The molecule has 2 heterocycles. The molecule has 6 heteroatoms. The third-order valence-corrected chi connectivity index (χ3v) is 5.52. The molecule has 0 bridgehead atoms. The number of fused-ring (bicyclic) bond motifs is 1. The minimum Gasteiger partial charge on any atom is -0.382 e. The largest absolute Gasteiger partial charge is 0.382 e. The lowest BCUT2D eigenvalue weighted by Gasteiger charge is -2.54. The number of oxime groups is 1. The van der Waals surface area contributed by atoms with Crippen LogP contribution in [0.2, 0.25) is 0 Å². The average Bonchev–Trinajstić information content (AvgIpc) is 3.21. The number of benzene rings is 1. The Kier molecular flexibility index (Phi) is 3.60. The first-order valence-electron chi connectivity index (χ1n) is 8.37. The van der Waals surface area contributed by atoms with E-state index in [1.807, 2.05) is 0 Å². The lowest BCUT2D eigenvalue weighted by atomic mass is 9.57. The number of hydrogen-bond acceptors (Lipinski definition) is 4. The summed E-state index contributed by atoms with van der Waals surface area (Å²) in [5, 5.41) is 7.08. The number of hydrogen-bond donors (Lipinski definition) is 1. The summed E-state index contributed by atoms with van der Waals surface area (Å²) in [6.45, 7) is 5.00. The quantitative estimate of drug-likeness (QED) is 0.923. The Labute approximate surface area is 140 Å². The van der Waals surface area contributed by atoms with Crippen molar-refractivity contribution in [3.63, 3.8) is 0 Å². The minimum atomic E-state index is -0.652. The fourth-order valence-corrected chi connectivity index (χ4v) is 4.22. The van der Waals surface area contributed by atoms with Gasteiger partial charge in [-0.25, -0.2) is 4.39 Å². The molecule has 1 amide bonds. The SMILES string of the molecule is CC1(C)C(NC(=O)C2CC(c3cccc(F)c3)=NO2)C2CCOC21. The molecule has 5 nitrogen and oxygen atoms in total.